The Morgan fingerprint density at radius 2 is 1.63 bits per heavy atom. The van der Waals surface area contributed by atoms with Gasteiger partial charge in [0, 0.05) is 64.8 Å². The highest BCUT2D eigenvalue weighted by atomic mass is 16.2. The van der Waals surface area contributed by atoms with Crippen LogP contribution in [0, 0.1) is 17.8 Å². The Labute approximate surface area is 178 Å². The molecule has 0 radical (unpaired) electrons. The van der Waals surface area contributed by atoms with Crippen molar-refractivity contribution in [3.8, 4) is 0 Å². The number of likely N-dealkylation sites (tertiary alicyclic amines) is 3. The predicted molar refractivity (Wildman–Crippen MR) is 114 cm³/mol. The van der Waals surface area contributed by atoms with Gasteiger partial charge in [0.15, 0.2) is 0 Å². The van der Waals surface area contributed by atoms with E-state index in [9.17, 15) is 14.4 Å². The fourth-order valence-electron chi connectivity index (χ4n) is 5.81. The topological polar surface area (TPSA) is 64.2 Å². The van der Waals surface area contributed by atoms with E-state index in [-0.39, 0.29) is 23.3 Å². The van der Waals surface area contributed by atoms with Gasteiger partial charge >= 0.3 is 6.03 Å². The molecular weight excluding hydrogens is 380 g/mol. The van der Waals surface area contributed by atoms with Crippen molar-refractivity contribution in [1.29, 1.82) is 0 Å². The molecule has 0 aromatic heterocycles. The van der Waals surface area contributed by atoms with Gasteiger partial charge in [0.2, 0.25) is 5.91 Å². The summed E-state index contributed by atoms with van der Waals surface area (Å²) in [6.45, 7) is 5.01. The van der Waals surface area contributed by atoms with Crippen molar-refractivity contribution in [3.05, 3.63) is 35.4 Å². The van der Waals surface area contributed by atoms with E-state index in [1.165, 1.54) is 0 Å². The molecule has 7 heteroatoms. The highest BCUT2D eigenvalue weighted by Crippen LogP contribution is 2.57. The first-order chi connectivity index (χ1) is 14.2. The molecule has 1 aromatic carbocycles. The molecule has 4 amide bonds. The van der Waals surface area contributed by atoms with E-state index in [1.807, 2.05) is 52.9 Å². The SMILES string of the molecule is Cc1ccccc1C(=O)N1CCC2(CC1)CN(C(=O)N(C)C)C[C@]21CCN(C)C1=O. The number of nitrogens with zero attached hydrogens (tertiary/aromatic N) is 4. The number of carbonyl (C=O) groups excluding carboxylic acids is 3. The average molecular weight is 413 g/mol. The van der Waals surface area contributed by atoms with Crippen LogP contribution in [0.5, 0.6) is 0 Å². The molecule has 2 spiro atoms. The van der Waals surface area contributed by atoms with Crippen LogP contribution in [0.25, 0.3) is 0 Å². The Morgan fingerprint density at radius 1 is 0.967 bits per heavy atom. The Hall–Kier alpha value is -2.57. The van der Waals surface area contributed by atoms with Gasteiger partial charge in [-0.15, -0.1) is 0 Å². The molecule has 3 fully saturated rings. The summed E-state index contributed by atoms with van der Waals surface area (Å²) < 4.78 is 0. The van der Waals surface area contributed by atoms with Gasteiger partial charge < -0.3 is 19.6 Å². The van der Waals surface area contributed by atoms with Crippen molar-refractivity contribution in [2.75, 3.05) is 53.9 Å². The molecule has 162 valence electrons. The zero-order valence-corrected chi connectivity index (χ0v) is 18.5. The van der Waals surface area contributed by atoms with Gasteiger partial charge in [0.25, 0.3) is 5.91 Å². The van der Waals surface area contributed by atoms with Gasteiger partial charge in [-0.3, -0.25) is 9.59 Å². The van der Waals surface area contributed by atoms with Crippen molar-refractivity contribution < 1.29 is 14.4 Å². The highest BCUT2D eigenvalue weighted by molar-refractivity contribution is 5.95. The smallest absolute Gasteiger partial charge is 0.319 e. The van der Waals surface area contributed by atoms with Gasteiger partial charge in [-0.05, 0) is 37.8 Å². The number of rotatable bonds is 1. The van der Waals surface area contributed by atoms with Crippen molar-refractivity contribution in [1.82, 2.24) is 19.6 Å². The summed E-state index contributed by atoms with van der Waals surface area (Å²) >= 11 is 0. The number of urea groups is 1. The molecule has 3 heterocycles. The number of hydrogen-bond acceptors (Lipinski definition) is 3. The lowest BCUT2D eigenvalue weighted by Crippen LogP contribution is -2.53. The van der Waals surface area contributed by atoms with Crippen LogP contribution in [0.4, 0.5) is 4.79 Å². The number of amides is 4. The van der Waals surface area contributed by atoms with Crippen LogP contribution in [0.15, 0.2) is 24.3 Å². The van der Waals surface area contributed by atoms with Gasteiger partial charge in [-0.1, -0.05) is 18.2 Å². The molecule has 3 aliphatic heterocycles. The molecule has 1 aromatic rings. The molecule has 0 aliphatic carbocycles. The van der Waals surface area contributed by atoms with E-state index in [2.05, 4.69) is 0 Å². The summed E-state index contributed by atoms with van der Waals surface area (Å²) in [5.74, 6) is 0.223. The predicted octanol–water partition coefficient (Wildman–Crippen LogP) is 2.06. The summed E-state index contributed by atoms with van der Waals surface area (Å²) in [7, 11) is 5.37. The fourth-order valence-corrected chi connectivity index (χ4v) is 5.81. The fraction of sp³-hybridized carbons (Fsp3) is 0.609. The van der Waals surface area contributed by atoms with Gasteiger partial charge in [-0.2, -0.15) is 0 Å². The lowest BCUT2D eigenvalue weighted by Gasteiger charge is -2.46. The maximum absolute atomic E-state index is 13.3. The first kappa shape index (κ1) is 20.7. The quantitative estimate of drug-likeness (QED) is 0.709. The lowest BCUT2D eigenvalue weighted by molar-refractivity contribution is -0.141. The summed E-state index contributed by atoms with van der Waals surface area (Å²) in [4.78, 5) is 46.3. The minimum Gasteiger partial charge on any atom is -0.345 e. The molecule has 0 unspecified atom stereocenters. The van der Waals surface area contributed by atoms with Crippen LogP contribution in [-0.2, 0) is 4.79 Å². The second kappa shape index (κ2) is 7.29. The number of aryl methyl sites for hydroxylation is 1. The monoisotopic (exact) mass is 412 g/mol. The van der Waals surface area contributed by atoms with Crippen molar-refractivity contribution in [2.24, 2.45) is 10.8 Å². The summed E-state index contributed by atoms with van der Waals surface area (Å²) in [5.41, 5.74) is 0.944. The molecule has 3 aliphatic rings. The van der Waals surface area contributed by atoms with E-state index in [4.69, 9.17) is 0 Å². The van der Waals surface area contributed by atoms with Crippen LogP contribution in [0.3, 0.4) is 0 Å². The van der Waals surface area contributed by atoms with E-state index >= 15 is 0 Å². The van der Waals surface area contributed by atoms with E-state index in [0.29, 0.717) is 26.2 Å². The molecule has 0 N–H and O–H groups in total. The maximum Gasteiger partial charge on any atom is 0.319 e. The first-order valence-corrected chi connectivity index (χ1v) is 10.8. The van der Waals surface area contributed by atoms with Gasteiger partial charge in [0.05, 0.1) is 5.41 Å². The molecule has 7 nitrogen and oxygen atoms in total. The normalized spacial score (nSPS) is 25.5. The maximum atomic E-state index is 13.3. The lowest BCUT2D eigenvalue weighted by atomic mass is 9.60. The summed E-state index contributed by atoms with van der Waals surface area (Å²) in [5, 5.41) is 0. The largest absolute Gasteiger partial charge is 0.345 e. The number of hydrogen-bond donors (Lipinski definition) is 0. The number of benzene rings is 1. The van der Waals surface area contributed by atoms with Crippen LogP contribution in [0.1, 0.15) is 35.2 Å². The molecule has 0 saturated carbocycles. The van der Waals surface area contributed by atoms with Crippen LogP contribution >= 0.6 is 0 Å². The molecular formula is C23H32N4O3. The third-order valence-corrected chi connectivity index (χ3v) is 7.64. The Balaban J connectivity index is 1.58. The van der Waals surface area contributed by atoms with Crippen LogP contribution in [-0.4, -0.2) is 91.3 Å². The van der Waals surface area contributed by atoms with Gasteiger partial charge in [0.1, 0.15) is 0 Å². The zero-order chi connectivity index (χ0) is 21.7. The molecule has 1 atom stereocenters. The number of piperidine rings is 1. The first-order valence-electron chi connectivity index (χ1n) is 10.8. The highest BCUT2D eigenvalue weighted by Gasteiger charge is 2.65. The number of fused-ring (bicyclic) bond motifs is 1. The second-order valence-corrected chi connectivity index (χ2v) is 9.48. The van der Waals surface area contributed by atoms with E-state index in [0.717, 1.165) is 36.9 Å². The van der Waals surface area contributed by atoms with Gasteiger partial charge in [-0.25, -0.2) is 4.79 Å². The van der Waals surface area contributed by atoms with Crippen molar-refractivity contribution >= 4 is 17.8 Å². The Bertz CT molecular complexity index is 875. The van der Waals surface area contributed by atoms with Crippen molar-refractivity contribution in [3.63, 3.8) is 0 Å². The molecule has 4 rings (SSSR count). The van der Waals surface area contributed by atoms with Crippen molar-refractivity contribution in [2.45, 2.75) is 26.2 Å². The zero-order valence-electron chi connectivity index (χ0n) is 18.5. The minimum absolute atomic E-state index is 0.0352. The van der Waals surface area contributed by atoms with Crippen LogP contribution < -0.4 is 0 Å². The number of carbonyl (C=O) groups is 3. The Morgan fingerprint density at radius 3 is 2.20 bits per heavy atom. The second-order valence-electron chi connectivity index (χ2n) is 9.48. The molecule has 3 saturated heterocycles. The van der Waals surface area contributed by atoms with E-state index in [1.54, 1.807) is 19.0 Å². The van der Waals surface area contributed by atoms with E-state index < -0.39 is 5.41 Å². The third-order valence-electron chi connectivity index (χ3n) is 7.64. The third kappa shape index (κ3) is 2.97. The standard InChI is InChI=1S/C23H32N4O3/c1-17-7-5-6-8-18(17)19(28)26-13-9-22(10-14-26)15-27(21(30)24(2)3)16-23(22)11-12-25(4)20(23)29/h5-8H,9-16H2,1-4H3/t23-/m0/s1. The molecule has 30 heavy (non-hydrogen) atoms. The van der Waals surface area contributed by atoms with Crippen LogP contribution in [0.2, 0.25) is 0 Å². The minimum atomic E-state index is -0.523. The molecule has 0 bridgehead atoms. The average Bonchev–Trinajstić information content (AvgIpc) is 3.20. The Kier molecular flexibility index (Phi) is 5.03. The summed E-state index contributed by atoms with van der Waals surface area (Å²) in [6.07, 6.45) is 2.29. The summed E-state index contributed by atoms with van der Waals surface area (Å²) in [6, 6.07) is 7.65.